The van der Waals surface area contributed by atoms with Crippen LogP contribution in [0.4, 0.5) is 0 Å². The van der Waals surface area contributed by atoms with Gasteiger partial charge >= 0.3 is 0 Å². The fraction of sp³-hybridized carbons (Fsp3) is 0.350. The first-order valence-corrected chi connectivity index (χ1v) is 9.26. The summed E-state index contributed by atoms with van der Waals surface area (Å²) in [4.78, 5) is 12.9. The van der Waals surface area contributed by atoms with E-state index in [0.29, 0.717) is 23.7 Å². The number of carbonyl (C=O) groups excluding carboxylic acids is 1. The molecule has 0 bridgehead atoms. The average molecular weight is 373 g/mol. The van der Waals surface area contributed by atoms with Crippen molar-refractivity contribution in [3.63, 3.8) is 0 Å². The summed E-state index contributed by atoms with van der Waals surface area (Å²) in [6.45, 7) is 4.69. The van der Waals surface area contributed by atoms with E-state index in [1.54, 1.807) is 6.26 Å². The minimum Gasteiger partial charge on any atom is -0.486 e. The third-order valence-electron chi connectivity index (χ3n) is 4.80. The van der Waals surface area contributed by atoms with Crippen LogP contribution in [0.15, 0.2) is 41.0 Å². The van der Waals surface area contributed by atoms with Crippen LogP contribution in [-0.4, -0.2) is 22.6 Å². The van der Waals surface area contributed by atoms with Gasteiger partial charge in [-0.25, -0.2) is 0 Å². The number of rotatable bonds is 5. The molecule has 2 atom stereocenters. The number of carbonyl (C=O) groups is 1. The van der Waals surface area contributed by atoms with Gasteiger partial charge in [-0.3, -0.25) is 4.79 Å². The standard InChI is InChI=1S/C20H21ClN2O3/c1-3-13-11-23-17(10-15-16(21)6-7-18(26-13)19(15)23)20(24)22-12(2)9-14-5-4-8-25-14/h4-8,10,12-13H,3,9,11H2,1-2H3,(H,22,24). The van der Waals surface area contributed by atoms with Gasteiger partial charge in [0.1, 0.15) is 23.3 Å². The van der Waals surface area contributed by atoms with Gasteiger partial charge in [-0.2, -0.15) is 0 Å². The number of amides is 1. The molecule has 1 N–H and O–H groups in total. The summed E-state index contributed by atoms with van der Waals surface area (Å²) in [7, 11) is 0. The second-order valence-electron chi connectivity index (χ2n) is 6.75. The molecule has 2 unspecified atom stereocenters. The quantitative estimate of drug-likeness (QED) is 0.721. The van der Waals surface area contributed by atoms with E-state index in [1.807, 2.05) is 41.8 Å². The van der Waals surface area contributed by atoms with E-state index in [4.69, 9.17) is 20.8 Å². The number of nitrogens with one attached hydrogen (secondary N) is 1. The maximum absolute atomic E-state index is 12.9. The van der Waals surface area contributed by atoms with Crippen LogP contribution in [-0.2, 0) is 13.0 Å². The number of furan rings is 1. The molecule has 3 heterocycles. The first-order valence-electron chi connectivity index (χ1n) is 8.88. The number of benzene rings is 1. The van der Waals surface area contributed by atoms with E-state index in [2.05, 4.69) is 12.2 Å². The summed E-state index contributed by atoms with van der Waals surface area (Å²) in [6, 6.07) is 9.27. The number of halogens is 1. The molecule has 5 nitrogen and oxygen atoms in total. The molecule has 0 spiro atoms. The molecule has 1 amide bonds. The topological polar surface area (TPSA) is 56.4 Å². The molecule has 136 valence electrons. The molecule has 2 aromatic heterocycles. The SMILES string of the molecule is CCC1Cn2c(C(=O)NC(C)Cc3ccco3)cc3c(Cl)ccc(c32)O1. The zero-order chi connectivity index (χ0) is 18.3. The average Bonchev–Trinajstić information content (AvgIpc) is 3.26. The highest BCUT2D eigenvalue weighted by molar-refractivity contribution is 6.36. The van der Waals surface area contributed by atoms with E-state index in [1.165, 1.54) is 0 Å². The summed E-state index contributed by atoms with van der Waals surface area (Å²) in [5, 5.41) is 4.54. The minimum absolute atomic E-state index is 0.0452. The fourth-order valence-electron chi connectivity index (χ4n) is 3.50. The van der Waals surface area contributed by atoms with E-state index < -0.39 is 0 Å². The molecule has 4 rings (SSSR count). The predicted octanol–water partition coefficient (Wildman–Crippen LogP) is 4.42. The van der Waals surface area contributed by atoms with Gasteiger partial charge < -0.3 is 19.0 Å². The number of hydrogen-bond acceptors (Lipinski definition) is 3. The highest BCUT2D eigenvalue weighted by Crippen LogP contribution is 2.38. The van der Waals surface area contributed by atoms with E-state index >= 15 is 0 Å². The van der Waals surface area contributed by atoms with Gasteiger partial charge in [0, 0.05) is 17.8 Å². The van der Waals surface area contributed by atoms with Gasteiger partial charge in [-0.15, -0.1) is 0 Å². The molecule has 0 aliphatic carbocycles. The Labute approximate surface area is 156 Å². The van der Waals surface area contributed by atoms with Crippen molar-refractivity contribution in [1.82, 2.24) is 9.88 Å². The summed E-state index contributed by atoms with van der Waals surface area (Å²) >= 11 is 6.36. The van der Waals surface area contributed by atoms with Gasteiger partial charge in [0.2, 0.25) is 0 Å². The van der Waals surface area contributed by atoms with Gasteiger partial charge in [0.15, 0.2) is 0 Å². The number of aromatic nitrogens is 1. The largest absolute Gasteiger partial charge is 0.486 e. The number of hydrogen-bond donors (Lipinski definition) is 1. The van der Waals surface area contributed by atoms with Crippen molar-refractivity contribution in [2.45, 2.75) is 45.4 Å². The van der Waals surface area contributed by atoms with Crippen LogP contribution in [0.5, 0.6) is 5.75 Å². The smallest absolute Gasteiger partial charge is 0.268 e. The van der Waals surface area contributed by atoms with Crippen LogP contribution < -0.4 is 10.1 Å². The van der Waals surface area contributed by atoms with E-state index in [-0.39, 0.29) is 18.1 Å². The Bertz CT molecular complexity index is 946. The maximum atomic E-state index is 12.9. The second-order valence-corrected chi connectivity index (χ2v) is 7.16. The number of nitrogens with zero attached hydrogens (tertiary/aromatic N) is 1. The monoisotopic (exact) mass is 372 g/mol. The highest BCUT2D eigenvalue weighted by atomic mass is 35.5. The summed E-state index contributed by atoms with van der Waals surface area (Å²) in [6.07, 6.45) is 3.21. The van der Waals surface area contributed by atoms with Crippen molar-refractivity contribution in [1.29, 1.82) is 0 Å². The Kier molecular flexibility index (Phi) is 4.41. The zero-order valence-electron chi connectivity index (χ0n) is 14.8. The summed E-state index contributed by atoms with van der Waals surface area (Å²) in [5.41, 5.74) is 1.51. The molecule has 0 saturated carbocycles. The lowest BCUT2D eigenvalue weighted by Crippen LogP contribution is -2.36. The van der Waals surface area contributed by atoms with Crippen LogP contribution >= 0.6 is 11.6 Å². The molecule has 6 heteroatoms. The van der Waals surface area contributed by atoms with Crippen molar-refractivity contribution in [3.8, 4) is 5.75 Å². The van der Waals surface area contributed by atoms with Gasteiger partial charge in [0.25, 0.3) is 5.91 Å². The molecular formula is C20H21ClN2O3. The third kappa shape index (κ3) is 2.97. The normalized spacial score (nSPS) is 17.1. The van der Waals surface area contributed by atoms with Crippen LogP contribution in [0.1, 0.15) is 36.5 Å². The number of ether oxygens (including phenoxy) is 1. The molecule has 0 fully saturated rings. The molecule has 1 aliphatic heterocycles. The molecule has 3 aromatic rings. The Morgan fingerprint density at radius 2 is 2.27 bits per heavy atom. The van der Waals surface area contributed by atoms with Crippen LogP contribution in [0.25, 0.3) is 10.9 Å². The molecular weight excluding hydrogens is 352 g/mol. The van der Waals surface area contributed by atoms with Crippen molar-refractivity contribution < 1.29 is 13.9 Å². The van der Waals surface area contributed by atoms with E-state index in [9.17, 15) is 4.79 Å². The highest BCUT2D eigenvalue weighted by Gasteiger charge is 2.27. The zero-order valence-corrected chi connectivity index (χ0v) is 15.5. The van der Waals surface area contributed by atoms with Gasteiger partial charge in [-0.1, -0.05) is 18.5 Å². The molecule has 0 radical (unpaired) electrons. The van der Waals surface area contributed by atoms with Gasteiger partial charge in [-0.05, 0) is 43.7 Å². The van der Waals surface area contributed by atoms with Crippen molar-refractivity contribution >= 4 is 28.4 Å². The first-order chi connectivity index (χ1) is 12.6. The Hall–Kier alpha value is -2.40. The van der Waals surface area contributed by atoms with Crippen LogP contribution in [0, 0.1) is 0 Å². The molecule has 1 aliphatic rings. The Morgan fingerprint density at radius 1 is 1.42 bits per heavy atom. The van der Waals surface area contributed by atoms with Crippen LogP contribution in [0.2, 0.25) is 5.02 Å². The summed E-state index contributed by atoms with van der Waals surface area (Å²) < 4.78 is 13.4. The Balaban J connectivity index is 1.65. The van der Waals surface area contributed by atoms with E-state index in [0.717, 1.165) is 28.8 Å². The van der Waals surface area contributed by atoms with Crippen molar-refractivity contribution in [2.24, 2.45) is 0 Å². The predicted molar refractivity (Wildman–Crippen MR) is 101 cm³/mol. The van der Waals surface area contributed by atoms with Crippen LogP contribution in [0.3, 0.4) is 0 Å². The lowest BCUT2D eigenvalue weighted by Gasteiger charge is -2.26. The molecule has 1 aromatic carbocycles. The second kappa shape index (κ2) is 6.72. The third-order valence-corrected chi connectivity index (χ3v) is 5.13. The fourth-order valence-corrected chi connectivity index (χ4v) is 3.71. The first kappa shape index (κ1) is 17.0. The summed E-state index contributed by atoms with van der Waals surface area (Å²) in [5.74, 6) is 1.52. The lowest BCUT2D eigenvalue weighted by atomic mass is 10.2. The lowest BCUT2D eigenvalue weighted by molar-refractivity contribution is 0.0923. The van der Waals surface area contributed by atoms with Gasteiger partial charge in [0.05, 0.1) is 23.3 Å². The molecule has 0 saturated heterocycles. The van der Waals surface area contributed by atoms with Crippen molar-refractivity contribution in [2.75, 3.05) is 0 Å². The Morgan fingerprint density at radius 3 is 3.00 bits per heavy atom. The minimum atomic E-state index is -0.112. The molecule has 26 heavy (non-hydrogen) atoms. The maximum Gasteiger partial charge on any atom is 0.268 e. The van der Waals surface area contributed by atoms with Crippen molar-refractivity contribution in [3.05, 3.63) is 53.1 Å².